The van der Waals surface area contributed by atoms with Crippen molar-refractivity contribution in [2.75, 3.05) is 6.54 Å². The van der Waals surface area contributed by atoms with Crippen molar-refractivity contribution >= 4 is 17.5 Å². The van der Waals surface area contributed by atoms with Gasteiger partial charge in [0.15, 0.2) is 0 Å². The largest absolute Gasteiger partial charge is 0.351 e. The molecule has 0 spiro atoms. The van der Waals surface area contributed by atoms with Crippen molar-refractivity contribution in [2.45, 2.75) is 45.4 Å². The lowest BCUT2D eigenvalue weighted by molar-refractivity contribution is -0.121. The molecule has 2 rings (SSSR count). The molecule has 5 heteroatoms. The molecule has 0 aromatic rings. The van der Waals surface area contributed by atoms with Crippen molar-refractivity contribution in [1.29, 1.82) is 0 Å². The molecule has 2 aliphatic rings. The van der Waals surface area contributed by atoms with E-state index in [1.54, 1.807) is 0 Å². The fourth-order valence-corrected chi connectivity index (χ4v) is 2.72. The Morgan fingerprint density at radius 3 is 2.94 bits per heavy atom. The summed E-state index contributed by atoms with van der Waals surface area (Å²) in [6.45, 7) is 3.00. The minimum absolute atomic E-state index is 0.118. The number of nitrogens with zero attached hydrogens (tertiary/aromatic N) is 1. The number of rotatable bonds is 3. The Morgan fingerprint density at radius 1 is 1.44 bits per heavy atom. The lowest BCUT2D eigenvalue weighted by Crippen LogP contribution is -2.39. The van der Waals surface area contributed by atoms with E-state index in [0.29, 0.717) is 24.5 Å². The van der Waals surface area contributed by atoms with E-state index in [4.69, 9.17) is 0 Å². The zero-order valence-electron chi connectivity index (χ0n) is 10.9. The van der Waals surface area contributed by atoms with E-state index in [-0.39, 0.29) is 11.8 Å². The van der Waals surface area contributed by atoms with Crippen LogP contribution in [-0.4, -0.2) is 24.1 Å². The monoisotopic (exact) mass is 251 g/mol. The number of amides is 2. The van der Waals surface area contributed by atoms with Gasteiger partial charge in [-0.15, -0.1) is 0 Å². The molecule has 1 aliphatic heterocycles. The third-order valence-corrected chi connectivity index (χ3v) is 3.76. The summed E-state index contributed by atoms with van der Waals surface area (Å²) in [5.74, 6) is 1.12. The Hall–Kier alpha value is -1.39. The normalized spacial score (nSPS) is 28.3. The van der Waals surface area contributed by atoms with E-state index in [9.17, 15) is 9.59 Å². The lowest BCUT2D eigenvalue weighted by Gasteiger charge is -2.26. The number of hydrogen-bond donors (Lipinski definition) is 2. The second-order valence-electron chi connectivity index (χ2n) is 5.44. The summed E-state index contributed by atoms with van der Waals surface area (Å²) in [6.07, 6.45) is 5.77. The Kier molecular flexibility index (Phi) is 4.33. The standard InChI is InChI=1S/C13H21N3O2/c1-9-3-2-4-10(7-9)8-14-13(18)11-5-6-12(17)16-15-11/h9-10H,2-8H2,1H3,(H,14,18)(H,16,17). The topological polar surface area (TPSA) is 70.6 Å². The van der Waals surface area contributed by atoms with Crippen LogP contribution in [0.1, 0.15) is 45.4 Å². The molecule has 100 valence electrons. The predicted octanol–water partition coefficient (Wildman–Crippen LogP) is 1.19. The fraction of sp³-hybridized carbons (Fsp3) is 0.769. The van der Waals surface area contributed by atoms with Gasteiger partial charge < -0.3 is 5.32 Å². The van der Waals surface area contributed by atoms with E-state index in [1.165, 1.54) is 25.7 Å². The number of hydrogen-bond acceptors (Lipinski definition) is 3. The van der Waals surface area contributed by atoms with Crippen LogP contribution in [0, 0.1) is 11.8 Å². The van der Waals surface area contributed by atoms with E-state index in [2.05, 4.69) is 22.8 Å². The van der Waals surface area contributed by atoms with Gasteiger partial charge in [0, 0.05) is 19.4 Å². The van der Waals surface area contributed by atoms with Gasteiger partial charge in [0.2, 0.25) is 5.91 Å². The summed E-state index contributed by atoms with van der Waals surface area (Å²) in [5.41, 5.74) is 2.79. The third kappa shape index (κ3) is 3.55. The summed E-state index contributed by atoms with van der Waals surface area (Å²) in [4.78, 5) is 22.8. The summed E-state index contributed by atoms with van der Waals surface area (Å²) in [7, 11) is 0. The van der Waals surface area contributed by atoms with Gasteiger partial charge in [0.05, 0.1) is 0 Å². The van der Waals surface area contributed by atoms with Crippen LogP contribution in [0.3, 0.4) is 0 Å². The van der Waals surface area contributed by atoms with Crippen molar-refractivity contribution in [3.8, 4) is 0 Å². The Balaban J connectivity index is 1.76. The second-order valence-corrected chi connectivity index (χ2v) is 5.44. The Labute approximate surface area is 107 Å². The third-order valence-electron chi connectivity index (χ3n) is 3.76. The summed E-state index contributed by atoms with van der Waals surface area (Å²) in [6, 6.07) is 0. The number of carbonyl (C=O) groups is 2. The van der Waals surface area contributed by atoms with Crippen molar-refractivity contribution in [3.05, 3.63) is 0 Å². The summed E-state index contributed by atoms with van der Waals surface area (Å²) < 4.78 is 0. The summed E-state index contributed by atoms with van der Waals surface area (Å²) >= 11 is 0. The highest BCUT2D eigenvalue weighted by atomic mass is 16.2. The molecule has 0 saturated heterocycles. The van der Waals surface area contributed by atoms with E-state index in [0.717, 1.165) is 12.5 Å². The van der Waals surface area contributed by atoms with E-state index < -0.39 is 0 Å². The molecule has 5 nitrogen and oxygen atoms in total. The van der Waals surface area contributed by atoms with Crippen LogP contribution >= 0.6 is 0 Å². The van der Waals surface area contributed by atoms with Crippen LogP contribution in [0.4, 0.5) is 0 Å². The van der Waals surface area contributed by atoms with Gasteiger partial charge >= 0.3 is 0 Å². The first kappa shape index (κ1) is 13.1. The molecule has 18 heavy (non-hydrogen) atoms. The fourth-order valence-electron chi connectivity index (χ4n) is 2.72. The first-order valence-electron chi connectivity index (χ1n) is 6.78. The molecule has 0 radical (unpaired) electrons. The maximum absolute atomic E-state index is 11.8. The maximum atomic E-state index is 11.8. The molecular formula is C13H21N3O2. The van der Waals surface area contributed by atoms with Crippen LogP contribution in [0.5, 0.6) is 0 Å². The molecule has 2 N–H and O–H groups in total. The van der Waals surface area contributed by atoms with Crippen molar-refractivity contribution in [1.82, 2.24) is 10.7 Å². The second kappa shape index (κ2) is 5.98. The van der Waals surface area contributed by atoms with E-state index in [1.807, 2.05) is 0 Å². The zero-order valence-corrected chi connectivity index (χ0v) is 10.9. The minimum atomic E-state index is -0.131. The van der Waals surface area contributed by atoms with Crippen LogP contribution in [-0.2, 0) is 9.59 Å². The number of nitrogens with one attached hydrogen (secondary N) is 2. The minimum Gasteiger partial charge on any atom is -0.351 e. The van der Waals surface area contributed by atoms with Gasteiger partial charge in [-0.2, -0.15) is 5.10 Å². The molecule has 2 atom stereocenters. The molecule has 0 aromatic heterocycles. The molecule has 1 fully saturated rings. The van der Waals surface area contributed by atoms with Gasteiger partial charge in [-0.3, -0.25) is 9.59 Å². The molecule has 1 saturated carbocycles. The number of hydrazone groups is 1. The predicted molar refractivity (Wildman–Crippen MR) is 68.9 cm³/mol. The highest BCUT2D eigenvalue weighted by molar-refractivity contribution is 6.39. The van der Waals surface area contributed by atoms with E-state index >= 15 is 0 Å². The van der Waals surface area contributed by atoms with Crippen LogP contribution in [0.2, 0.25) is 0 Å². The van der Waals surface area contributed by atoms with Gasteiger partial charge in [-0.05, 0) is 24.7 Å². The van der Waals surface area contributed by atoms with Crippen LogP contribution < -0.4 is 10.7 Å². The maximum Gasteiger partial charge on any atom is 0.267 e. The zero-order chi connectivity index (χ0) is 13.0. The SMILES string of the molecule is CC1CCCC(CNC(=O)C2=NNC(=O)CC2)C1. The highest BCUT2D eigenvalue weighted by Crippen LogP contribution is 2.27. The lowest BCUT2D eigenvalue weighted by atomic mass is 9.82. The van der Waals surface area contributed by atoms with Crippen LogP contribution in [0.15, 0.2) is 5.10 Å². The summed E-state index contributed by atoms with van der Waals surface area (Å²) in [5, 5.41) is 6.73. The molecular weight excluding hydrogens is 230 g/mol. The molecule has 0 aromatic carbocycles. The Bertz CT molecular complexity index is 365. The van der Waals surface area contributed by atoms with Crippen molar-refractivity contribution < 1.29 is 9.59 Å². The van der Waals surface area contributed by atoms with Gasteiger partial charge in [-0.1, -0.05) is 19.8 Å². The van der Waals surface area contributed by atoms with Gasteiger partial charge in [-0.25, -0.2) is 5.43 Å². The van der Waals surface area contributed by atoms with Gasteiger partial charge in [0.25, 0.3) is 5.91 Å². The van der Waals surface area contributed by atoms with Crippen molar-refractivity contribution in [2.24, 2.45) is 16.9 Å². The number of carbonyl (C=O) groups excluding carboxylic acids is 2. The Morgan fingerprint density at radius 2 is 2.28 bits per heavy atom. The van der Waals surface area contributed by atoms with Crippen LogP contribution in [0.25, 0.3) is 0 Å². The molecule has 2 amide bonds. The average Bonchev–Trinajstić information content (AvgIpc) is 2.37. The molecule has 2 unspecified atom stereocenters. The first-order chi connectivity index (χ1) is 8.65. The van der Waals surface area contributed by atoms with Gasteiger partial charge in [0.1, 0.15) is 5.71 Å². The first-order valence-corrected chi connectivity index (χ1v) is 6.78. The average molecular weight is 251 g/mol. The smallest absolute Gasteiger partial charge is 0.267 e. The quantitative estimate of drug-likeness (QED) is 0.791. The highest BCUT2D eigenvalue weighted by Gasteiger charge is 2.22. The molecule has 1 heterocycles. The molecule has 1 aliphatic carbocycles. The molecule has 0 bridgehead atoms. The van der Waals surface area contributed by atoms with Crippen molar-refractivity contribution in [3.63, 3.8) is 0 Å².